The van der Waals surface area contributed by atoms with Gasteiger partial charge in [-0.3, -0.25) is 0 Å². The Morgan fingerprint density at radius 2 is 0.695 bits per heavy atom. The Balaban J connectivity index is 0.834. The molecule has 0 aliphatic carbocycles. The van der Waals surface area contributed by atoms with Crippen molar-refractivity contribution in [3.8, 4) is 79.5 Å². The van der Waals surface area contributed by atoms with E-state index in [9.17, 15) is 0 Å². The highest BCUT2D eigenvalue weighted by atomic mass is 32.2. The zero-order chi connectivity index (χ0) is 55.3. The first-order chi connectivity index (χ1) is 40.3. The molecule has 2 aliphatic rings. The van der Waals surface area contributed by atoms with Crippen LogP contribution < -0.4 is 9.80 Å². The predicted molar refractivity (Wildman–Crippen MR) is 337 cm³/mol. The van der Waals surface area contributed by atoms with E-state index in [2.05, 4.69) is 189 Å². The summed E-state index contributed by atoms with van der Waals surface area (Å²) >= 11 is 3.69. The maximum atomic E-state index is 5.29. The molecule has 2 aromatic heterocycles. The molecule has 2 aliphatic heterocycles. The molecule has 0 saturated carbocycles. The van der Waals surface area contributed by atoms with Crippen LogP contribution in [0.4, 0.5) is 34.1 Å². The standard InChI is InChI=1S/C72H54N8S2/c1-5-47-27-39-59-63(42-47)81-64-43-48(6-2)28-40-60(64)79(59)56-33-29-53(30-34-56)71-76-69(51-21-14-9-15-22-51)77-72(78-71)55-24-16-23-54(44-55)65-46(4)26-38-61-66(65)82-62-41-45(3)25-37-58(62)80(61)57-35-31-52(32-36-57)70-74-67(49-17-10-7-11-18-49)73-68(75-70)50-19-12-8-13-20-50/h7-44H,5-6H2,1-4H3. The lowest BCUT2D eigenvalue weighted by Crippen LogP contribution is -2.16. The molecule has 0 unspecified atom stereocenters. The van der Waals surface area contributed by atoms with Gasteiger partial charge in [0.15, 0.2) is 34.9 Å². The fourth-order valence-corrected chi connectivity index (χ4v) is 13.5. The minimum Gasteiger partial charge on any atom is -0.308 e. The minimum absolute atomic E-state index is 0.604. The van der Waals surface area contributed by atoms with Gasteiger partial charge in [0.1, 0.15) is 0 Å². The molecule has 394 valence electrons. The third-order valence-electron chi connectivity index (χ3n) is 15.3. The van der Waals surface area contributed by atoms with Gasteiger partial charge in [0, 0.05) is 69.9 Å². The smallest absolute Gasteiger partial charge is 0.164 e. The molecule has 0 bridgehead atoms. The number of aryl methyl sites for hydroxylation is 4. The number of anilines is 6. The molecule has 0 N–H and O–H groups in total. The van der Waals surface area contributed by atoms with Gasteiger partial charge >= 0.3 is 0 Å². The van der Waals surface area contributed by atoms with E-state index in [0.29, 0.717) is 34.9 Å². The molecule has 8 nitrogen and oxygen atoms in total. The van der Waals surface area contributed by atoms with Crippen molar-refractivity contribution in [3.63, 3.8) is 0 Å². The summed E-state index contributed by atoms with van der Waals surface area (Å²) in [6.07, 6.45) is 1.98. The van der Waals surface area contributed by atoms with E-state index in [1.54, 1.807) is 0 Å². The monoisotopic (exact) mass is 1090 g/mol. The molecule has 4 heterocycles. The number of hydrogen-bond donors (Lipinski definition) is 0. The predicted octanol–water partition coefficient (Wildman–Crippen LogP) is 19.3. The van der Waals surface area contributed by atoms with Crippen molar-refractivity contribution in [1.82, 2.24) is 29.9 Å². The number of nitrogens with zero attached hydrogens (tertiary/aromatic N) is 8. The summed E-state index contributed by atoms with van der Waals surface area (Å²) in [7, 11) is 0. The number of fused-ring (bicyclic) bond motifs is 4. The van der Waals surface area contributed by atoms with Gasteiger partial charge in [-0.25, -0.2) is 29.9 Å². The average Bonchev–Trinajstić information content (AvgIpc) is 3.70. The normalized spacial score (nSPS) is 12.3. The zero-order valence-electron chi connectivity index (χ0n) is 45.7. The Morgan fingerprint density at radius 1 is 0.317 bits per heavy atom. The maximum Gasteiger partial charge on any atom is 0.164 e. The summed E-state index contributed by atoms with van der Waals surface area (Å²) in [5, 5.41) is 0. The lowest BCUT2D eigenvalue weighted by atomic mass is 9.97. The topological polar surface area (TPSA) is 83.8 Å². The molecular formula is C72H54N8S2. The Labute approximate surface area is 486 Å². The van der Waals surface area contributed by atoms with E-state index in [0.717, 1.165) is 80.1 Å². The molecule has 0 radical (unpaired) electrons. The first kappa shape index (κ1) is 50.7. The van der Waals surface area contributed by atoms with Gasteiger partial charge in [-0.2, -0.15) is 0 Å². The molecule has 0 amide bonds. The van der Waals surface area contributed by atoms with Crippen LogP contribution in [-0.4, -0.2) is 29.9 Å². The van der Waals surface area contributed by atoms with Gasteiger partial charge in [-0.05, 0) is 152 Å². The summed E-state index contributed by atoms with van der Waals surface area (Å²) < 4.78 is 0. The molecule has 10 aromatic carbocycles. The van der Waals surface area contributed by atoms with Crippen LogP contribution in [0, 0.1) is 13.8 Å². The molecular weight excluding hydrogens is 1040 g/mol. The summed E-state index contributed by atoms with van der Waals surface area (Å²) in [4.78, 5) is 40.3. The number of benzene rings is 10. The van der Waals surface area contributed by atoms with Crippen LogP contribution in [0.5, 0.6) is 0 Å². The van der Waals surface area contributed by atoms with Gasteiger partial charge in [-0.15, -0.1) is 0 Å². The van der Waals surface area contributed by atoms with E-state index in [4.69, 9.17) is 29.9 Å². The highest BCUT2D eigenvalue weighted by Crippen LogP contribution is 2.56. The lowest BCUT2D eigenvalue weighted by molar-refractivity contribution is 1.07. The van der Waals surface area contributed by atoms with Crippen LogP contribution in [0.1, 0.15) is 36.1 Å². The fourth-order valence-electron chi connectivity index (χ4n) is 11.0. The first-order valence-corrected chi connectivity index (χ1v) is 29.4. The number of hydrogen-bond acceptors (Lipinski definition) is 10. The zero-order valence-corrected chi connectivity index (χ0v) is 47.4. The van der Waals surface area contributed by atoms with Crippen LogP contribution in [0.2, 0.25) is 0 Å². The van der Waals surface area contributed by atoms with E-state index in [1.165, 1.54) is 53.2 Å². The van der Waals surface area contributed by atoms with Gasteiger partial charge in [-0.1, -0.05) is 171 Å². The van der Waals surface area contributed by atoms with Crippen molar-refractivity contribution in [2.24, 2.45) is 0 Å². The third kappa shape index (κ3) is 9.59. The van der Waals surface area contributed by atoms with Crippen LogP contribution in [0.3, 0.4) is 0 Å². The van der Waals surface area contributed by atoms with Crippen LogP contribution in [-0.2, 0) is 12.8 Å². The SMILES string of the molecule is CCc1ccc2c(c1)Sc1cc(CC)ccc1N2c1ccc(-c2nc(-c3ccccc3)nc(-c3cccc(-c4c(C)ccc5c4Sc4cc(C)ccc4N5c4ccc(-c5nc(-c6ccccc6)nc(-c6ccccc6)n5)cc4)c3)n2)cc1. The Morgan fingerprint density at radius 3 is 1.16 bits per heavy atom. The van der Waals surface area contributed by atoms with Crippen molar-refractivity contribution < 1.29 is 0 Å². The molecule has 0 saturated heterocycles. The second-order valence-electron chi connectivity index (χ2n) is 20.6. The van der Waals surface area contributed by atoms with Gasteiger partial charge in [0.2, 0.25) is 0 Å². The Kier molecular flexibility index (Phi) is 13.3. The molecule has 0 atom stereocenters. The highest BCUT2D eigenvalue weighted by molar-refractivity contribution is 8.00. The Hall–Kier alpha value is -9.48. The quantitative estimate of drug-likeness (QED) is 0.125. The van der Waals surface area contributed by atoms with Crippen molar-refractivity contribution in [3.05, 3.63) is 253 Å². The maximum absolute atomic E-state index is 5.29. The molecule has 0 fully saturated rings. The van der Waals surface area contributed by atoms with Crippen LogP contribution in [0.25, 0.3) is 79.5 Å². The largest absolute Gasteiger partial charge is 0.308 e. The van der Waals surface area contributed by atoms with E-state index >= 15 is 0 Å². The molecule has 12 aromatic rings. The van der Waals surface area contributed by atoms with Gasteiger partial charge < -0.3 is 9.80 Å². The van der Waals surface area contributed by atoms with Crippen LogP contribution in [0.15, 0.2) is 250 Å². The summed E-state index contributed by atoms with van der Waals surface area (Å²) in [6, 6.07) is 81.4. The highest BCUT2D eigenvalue weighted by Gasteiger charge is 2.30. The number of rotatable bonds is 11. The van der Waals surface area contributed by atoms with Crippen molar-refractivity contribution in [1.29, 1.82) is 0 Å². The second-order valence-corrected chi connectivity index (χ2v) is 22.8. The molecule has 14 rings (SSSR count). The molecule has 0 spiro atoms. The molecule has 82 heavy (non-hydrogen) atoms. The molecule has 10 heteroatoms. The average molecular weight is 1100 g/mol. The van der Waals surface area contributed by atoms with Crippen molar-refractivity contribution in [2.45, 2.75) is 60.1 Å². The van der Waals surface area contributed by atoms with E-state index < -0.39 is 0 Å². The van der Waals surface area contributed by atoms with E-state index in [-0.39, 0.29) is 0 Å². The lowest BCUT2D eigenvalue weighted by Gasteiger charge is -2.35. The minimum atomic E-state index is 0.604. The Bertz CT molecular complexity index is 4270. The van der Waals surface area contributed by atoms with Crippen molar-refractivity contribution >= 4 is 57.6 Å². The third-order valence-corrected chi connectivity index (χ3v) is 17.5. The van der Waals surface area contributed by atoms with Crippen molar-refractivity contribution in [2.75, 3.05) is 9.80 Å². The summed E-state index contributed by atoms with van der Waals surface area (Å²) in [5.41, 5.74) is 19.5. The van der Waals surface area contributed by atoms with Crippen LogP contribution >= 0.6 is 23.5 Å². The summed E-state index contributed by atoms with van der Waals surface area (Å²) in [6.45, 7) is 8.80. The first-order valence-electron chi connectivity index (χ1n) is 27.8. The summed E-state index contributed by atoms with van der Waals surface area (Å²) in [5.74, 6) is 3.70. The second kappa shape index (κ2) is 21.5. The number of aromatic nitrogens is 6. The van der Waals surface area contributed by atoms with E-state index in [1.807, 2.05) is 102 Å². The van der Waals surface area contributed by atoms with Gasteiger partial charge in [0.05, 0.1) is 22.7 Å². The van der Waals surface area contributed by atoms with Gasteiger partial charge in [0.25, 0.3) is 0 Å². The fraction of sp³-hybridized carbons (Fsp3) is 0.0833.